The molecule has 0 radical (unpaired) electrons. The Hall–Kier alpha value is -1.07. The molecule has 17 heavy (non-hydrogen) atoms. The van der Waals surface area contributed by atoms with Crippen molar-refractivity contribution in [2.45, 2.75) is 25.2 Å². The van der Waals surface area contributed by atoms with Crippen LogP contribution in [-0.2, 0) is 10.0 Å². The van der Waals surface area contributed by atoms with Gasteiger partial charge in [0, 0.05) is 20.1 Å². The first-order valence-corrected chi connectivity index (χ1v) is 7.27. The molecule has 0 fully saturated rings. The summed E-state index contributed by atoms with van der Waals surface area (Å²) < 4.78 is 26.0. The molecule has 96 valence electrons. The molecule has 5 heteroatoms. The molecular formula is C12H20N2O2S. The van der Waals surface area contributed by atoms with Crippen LogP contribution in [0.3, 0.4) is 0 Å². The molecule has 0 bridgehead atoms. The number of anilines is 1. The molecule has 0 saturated carbocycles. The van der Waals surface area contributed by atoms with E-state index in [0.717, 1.165) is 6.42 Å². The fourth-order valence-corrected chi connectivity index (χ4v) is 3.06. The van der Waals surface area contributed by atoms with Crippen LogP contribution in [-0.4, -0.2) is 32.9 Å². The van der Waals surface area contributed by atoms with Crippen molar-refractivity contribution in [1.29, 1.82) is 0 Å². The summed E-state index contributed by atoms with van der Waals surface area (Å²) in [5.74, 6) is 0. The average Bonchev–Trinajstić information content (AvgIpc) is 2.30. The molecule has 1 rings (SSSR count). The van der Waals surface area contributed by atoms with Crippen LogP contribution in [0.4, 0.5) is 5.69 Å². The molecule has 0 amide bonds. The smallest absolute Gasteiger partial charge is 0.244 e. The van der Waals surface area contributed by atoms with Gasteiger partial charge in [0.1, 0.15) is 4.90 Å². The van der Waals surface area contributed by atoms with Gasteiger partial charge in [0.2, 0.25) is 10.0 Å². The van der Waals surface area contributed by atoms with E-state index in [4.69, 9.17) is 0 Å². The lowest BCUT2D eigenvalue weighted by Gasteiger charge is -2.18. The van der Waals surface area contributed by atoms with Crippen molar-refractivity contribution in [3.05, 3.63) is 24.3 Å². The second-order valence-electron chi connectivity index (χ2n) is 3.85. The minimum Gasteiger partial charge on any atom is -0.384 e. The Bertz CT molecular complexity index is 457. The van der Waals surface area contributed by atoms with Gasteiger partial charge in [-0.1, -0.05) is 19.1 Å². The van der Waals surface area contributed by atoms with Crippen LogP contribution in [0.5, 0.6) is 0 Å². The molecule has 0 aliphatic carbocycles. The topological polar surface area (TPSA) is 49.4 Å². The summed E-state index contributed by atoms with van der Waals surface area (Å²) in [5.41, 5.74) is 0.665. The van der Waals surface area contributed by atoms with Gasteiger partial charge in [-0.15, -0.1) is 0 Å². The first-order valence-electron chi connectivity index (χ1n) is 5.83. The highest BCUT2D eigenvalue weighted by atomic mass is 32.2. The lowest BCUT2D eigenvalue weighted by Crippen LogP contribution is -2.28. The molecule has 4 nitrogen and oxygen atoms in total. The summed E-state index contributed by atoms with van der Waals surface area (Å²) in [4.78, 5) is 0.345. The normalized spacial score (nSPS) is 11.8. The fourth-order valence-electron chi connectivity index (χ4n) is 1.63. The monoisotopic (exact) mass is 256 g/mol. The predicted octanol–water partition coefficient (Wildman–Crippen LogP) is 2.15. The van der Waals surface area contributed by atoms with E-state index in [-0.39, 0.29) is 0 Å². The first-order chi connectivity index (χ1) is 8.04. The van der Waals surface area contributed by atoms with Crippen LogP contribution in [0.2, 0.25) is 0 Å². The van der Waals surface area contributed by atoms with Gasteiger partial charge in [-0.05, 0) is 25.5 Å². The largest absolute Gasteiger partial charge is 0.384 e. The maximum absolute atomic E-state index is 12.3. The molecule has 0 spiro atoms. The zero-order valence-electron chi connectivity index (χ0n) is 10.6. The number of nitrogens with zero attached hydrogens (tertiary/aromatic N) is 1. The van der Waals surface area contributed by atoms with E-state index in [0.29, 0.717) is 23.7 Å². The number of para-hydroxylation sites is 1. The van der Waals surface area contributed by atoms with E-state index in [1.807, 2.05) is 19.9 Å². The van der Waals surface area contributed by atoms with Gasteiger partial charge in [-0.3, -0.25) is 0 Å². The lowest BCUT2D eigenvalue weighted by atomic mass is 10.3. The van der Waals surface area contributed by atoms with Crippen molar-refractivity contribution in [2.75, 3.05) is 25.5 Å². The van der Waals surface area contributed by atoms with E-state index in [2.05, 4.69) is 5.32 Å². The van der Waals surface area contributed by atoms with Gasteiger partial charge < -0.3 is 5.32 Å². The Morgan fingerprint density at radius 1 is 1.24 bits per heavy atom. The van der Waals surface area contributed by atoms with Gasteiger partial charge in [0.25, 0.3) is 0 Å². The molecule has 0 aromatic heterocycles. The van der Waals surface area contributed by atoms with Crippen molar-refractivity contribution in [3.63, 3.8) is 0 Å². The number of hydrogen-bond donors (Lipinski definition) is 1. The number of sulfonamides is 1. The van der Waals surface area contributed by atoms with E-state index in [9.17, 15) is 8.42 Å². The summed E-state index contributed by atoms with van der Waals surface area (Å²) >= 11 is 0. The van der Waals surface area contributed by atoms with Crippen LogP contribution in [0, 0.1) is 0 Å². The van der Waals surface area contributed by atoms with Crippen LogP contribution in [0.15, 0.2) is 29.2 Å². The average molecular weight is 256 g/mol. The van der Waals surface area contributed by atoms with Gasteiger partial charge in [-0.25, -0.2) is 12.7 Å². The van der Waals surface area contributed by atoms with Gasteiger partial charge >= 0.3 is 0 Å². The molecule has 0 saturated heterocycles. The summed E-state index contributed by atoms with van der Waals surface area (Å²) in [6.07, 6.45) is 0.805. The second kappa shape index (κ2) is 6.02. The van der Waals surface area contributed by atoms with Crippen LogP contribution >= 0.6 is 0 Å². The van der Waals surface area contributed by atoms with Gasteiger partial charge in [-0.2, -0.15) is 0 Å². The van der Waals surface area contributed by atoms with E-state index < -0.39 is 10.0 Å². The standard InChI is InChI=1S/C12H20N2O2S/c1-4-10-14(3)17(15,16)12-9-7-6-8-11(12)13-5-2/h6-9,13H,4-5,10H2,1-3H3. The minimum absolute atomic E-state index is 0.345. The van der Waals surface area contributed by atoms with Crippen LogP contribution in [0.1, 0.15) is 20.3 Å². The van der Waals surface area contributed by atoms with E-state index in [1.165, 1.54) is 4.31 Å². The third-order valence-corrected chi connectivity index (χ3v) is 4.40. The highest BCUT2D eigenvalue weighted by molar-refractivity contribution is 7.89. The maximum Gasteiger partial charge on any atom is 0.244 e. The summed E-state index contributed by atoms with van der Waals surface area (Å²) in [6, 6.07) is 7.00. The maximum atomic E-state index is 12.3. The van der Waals surface area contributed by atoms with Gasteiger partial charge in [0.15, 0.2) is 0 Å². The third-order valence-electron chi connectivity index (χ3n) is 2.48. The van der Waals surface area contributed by atoms with Gasteiger partial charge in [0.05, 0.1) is 5.69 Å². The van der Waals surface area contributed by atoms with Crippen LogP contribution in [0.25, 0.3) is 0 Å². The molecule has 1 aromatic rings. The minimum atomic E-state index is -3.38. The Morgan fingerprint density at radius 3 is 2.47 bits per heavy atom. The van der Waals surface area contributed by atoms with Crippen LogP contribution < -0.4 is 5.32 Å². The molecule has 0 unspecified atom stereocenters. The van der Waals surface area contributed by atoms with E-state index in [1.54, 1.807) is 25.2 Å². The summed E-state index contributed by atoms with van der Waals surface area (Å²) in [6.45, 7) is 5.13. The zero-order chi connectivity index (χ0) is 12.9. The molecule has 0 heterocycles. The highest BCUT2D eigenvalue weighted by Gasteiger charge is 2.22. The number of rotatable bonds is 6. The molecule has 0 aliphatic rings. The number of hydrogen-bond acceptors (Lipinski definition) is 3. The zero-order valence-corrected chi connectivity index (χ0v) is 11.4. The molecule has 1 N–H and O–H groups in total. The molecular weight excluding hydrogens is 236 g/mol. The van der Waals surface area contributed by atoms with Crippen molar-refractivity contribution < 1.29 is 8.42 Å². The predicted molar refractivity (Wildman–Crippen MR) is 70.7 cm³/mol. The van der Waals surface area contributed by atoms with Crippen molar-refractivity contribution in [3.8, 4) is 0 Å². The number of nitrogens with one attached hydrogen (secondary N) is 1. The van der Waals surface area contributed by atoms with Crippen molar-refractivity contribution >= 4 is 15.7 Å². The van der Waals surface area contributed by atoms with Crippen molar-refractivity contribution in [1.82, 2.24) is 4.31 Å². The Balaban J connectivity index is 3.14. The Morgan fingerprint density at radius 2 is 1.88 bits per heavy atom. The molecule has 0 atom stereocenters. The summed E-state index contributed by atoms with van der Waals surface area (Å²) in [7, 11) is -1.77. The lowest BCUT2D eigenvalue weighted by molar-refractivity contribution is 0.469. The summed E-state index contributed by atoms with van der Waals surface area (Å²) in [5, 5.41) is 3.07. The second-order valence-corrected chi connectivity index (χ2v) is 5.87. The van der Waals surface area contributed by atoms with E-state index >= 15 is 0 Å². The number of benzene rings is 1. The Kier molecular flexibility index (Phi) is 4.96. The fraction of sp³-hybridized carbons (Fsp3) is 0.500. The molecule has 1 aromatic carbocycles. The quantitative estimate of drug-likeness (QED) is 0.848. The highest BCUT2D eigenvalue weighted by Crippen LogP contribution is 2.23. The third kappa shape index (κ3) is 3.20. The Labute approximate surface area is 104 Å². The SMILES string of the molecule is CCCN(C)S(=O)(=O)c1ccccc1NCC. The first kappa shape index (κ1) is 14.0. The van der Waals surface area contributed by atoms with Crippen molar-refractivity contribution in [2.24, 2.45) is 0 Å². The molecule has 0 aliphatic heterocycles.